The minimum absolute atomic E-state index is 0.581. The summed E-state index contributed by atoms with van der Waals surface area (Å²) in [6, 6.07) is 14.3. The van der Waals surface area contributed by atoms with E-state index in [9.17, 15) is 0 Å². The summed E-state index contributed by atoms with van der Waals surface area (Å²) in [7, 11) is 0. The van der Waals surface area contributed by atoms with Gasteiger partial charge in [-0.1, -0.05) is 18.2 Å². The maximum Gasteiger partial charge on any atom is 0.191 e. The molecule has 0 aliphatic carbocycles. The summed E-state index contributed by atoms with van der Waals surface area (Å²) >= 11 is 0. The van der Waals surface area contributed by atoms with Crippen LogP contribution in [0, 0.1) is 6.92 Å². The molecule has 1 aliphatic heterocycles. The van der Waals surface area contributed by atoms with Crippen LogP contribution in [0.5, 0.6) is 11.5 Å². The second-order valence-corrected chi connectivity index (χ2v) is 7.61. The van der Waals surface area contributed by atoms with Gasteiger partial charge in [0.1, 0.15) is 5.82 Å². The lowest BCUT2D eigenvalue weighted by atomic mass is 10.2. The number of imidazole rings is 1. The lowest BCUT2D eigenvalue weighted by molar-refractivity contribution is 0.297. The van der Waals surface area contributed by atoms with Crippen molar-refractivity contribution >= 4 is 17.0 Å². The first-order valence-electron chi connectivity index (χ1n) is 11.1. The molecule has 0 amide bonds. The van der Waals surface area contributed by atoms with Crippen LogP contribution in [0.25, 0.3) is 11.0 Å². The molecule has 0 bridgehead atoms. The molecule has 2 N–H and O–H groups in total. The number of aryl methyl sites for hydroxylation is 2. The summed E-state index contributed by atoms with van der Waals surface area (Å²) in [4.78, 5) is 9.38. The molecular formula is C24H31N5O2. The maximum absolute atomic E-state index is 5.79. The summed E-state index contributed by atoms with van der Waals surface area (Å²) in [6.07, 6.45) is 1.89. The molecule has 3 aromatic rings. The van der Waals surface area contributed by atoms with Crippen molar-refractivity contribution in [2.24, 2.45) is 4.99 Å². The van der Waals surface area contributed by atoms with Gasteiger partial charge >= 0.3 is 0 Å². The van der Waals surface area contributed by atoms with Gasteiger partial charge in [-0.25, -0.2) is 9.98 Å². The Bertz CT molecular complexity index is 1040. The molecule has 2 aromatic carbocycles. The van der Waals surface area contributed by atoms with Crippen molar-refractivity contribution in [3.8, 4) is 11.5 Å². The molecule has 7 nitrogen and oxygen atoms in total. The Hall–Kier alpha value is -3.22. The van der Waals surface area contributed by atoms with E-state index in [2.05, 4.69) is 52.2 Å². The van der Waals surface area contributed by atoms with E-state index in [4.69, 9.17) is 14.5 Å². The van der Waals surface area contributed by atoms with Crippen molar-refractivity contribution in [2.75, 3.05) is 26.3 Å². The molecule has 0 atom stereocenters. The number of hydrogen-bond donors (Lipinski definition) is 2. The maximum atomic E-state index is 5.79. The second-order valence-electron chi connectivity index (χ2n) is 7.61. The van der Waals surface area contributed by atoms with E-state index in [-0.39, 0.29) is 0 Å². The molecule has 1 aromatic heterocycles. The fraction of sp³-hybridized carbons (Fsp3) is 0.417. The Balaban J connectivity index is 1.33. The van der Waals surface area contributed by atoms with Crippen molar-refractivity contribution in [3.63, 3.8) is 0 Å². The summed E-state index contributed by atoms with van der Waals surface area (Å²) in [5.74, 6) is 3.50. The van der Waals surface area contributed by atoms with Crippen LogP contribution in [0.3, 0.4) is 0 Å². The molecule has 0 saturated heterocycles. The number of rotatable bonds is 7. The van der Waals surface area contributed by atoms with Crippen LogP contribution in [-0.2, 0) is 13.1 Å². The van der Waals surface area contributed by atoms with E-state index < -0.39 is 0 Å². The number of nitrogens with one attached hydrogen (secondary N) is 2. The smallest absolute Gasteiger partial charge is 0.191 e. The number of aromatic nitrogens is 2. The molecule has 0 saturated carbocycles. The molecule has 7 heteroatoms. The van der Waals surface area contributed by atoms with E-state index in [1.54, 1.807) is 0 Å². The van der Waals surface area contributed by atoms with Crippen molar-refractivity contribution < 1.29 is 9.47 Å². The number of ether oxygens (including phenoxy) is 2. The third-order valence-electron chi connectivity index (χ3n) is 5.27. The number of nitrogens with zero attached hydrogens (tertiary/aromatic N) is 3. The monoisotopic (exact) mass is 421 g/mol. The number of benzene rings is 2. The number of guanidine groups is 1. The minimum Gasteiger partial charge on any atom is -0.490 e. The van der Waals surface area contributed by atoms with Crippen LogP contribution in [0.15, 0.2) is 47.5 Å². The van der Waals surface area contributed by atoms with E-state index in [0.717, 1.165) is 66.8 Å². The summed E-state index contributed by atoms with van der Waals surface area (Å²) < 4.78 is 13.8. The van der Waals surface area contributed by atoms with E-state index in [1.807, 2.05) is 24.3 Å². The number of fused-ring (bicyclic) bond motifs is 2. The normalized spacial score (nSPS) is 13.8. The zero-order valence-electron chi connectivity index (χ0n) is 18.4. The van der Waals surface area contributed by atoms with E-state index >= 15 is 0 Å². The van der Waals surface area contributed by atoms with Gasteiger partial charge in [0, 0.05) is 26.1 Å². The van der Waals surface area contributed by atoms with Crippen LogP contribution in [-0.4, -0.2) is 41.8 Å². The fourth-order valence-corrected chi connectivity index (χ4v) is 3.74. The molecule has 4 rings (SSSR count). The number of hydrogen-bond acceptors (Lipinski definition) is 4. The van der Waals surface area contributed by atoms with Gasteiger partial charge in [-0.15, -0.1) is 0 Å². The third kappa shape index (κ3) is 5.29. The third-order valence-corrected chi connectivity index (χ3v) is 5.27. The van der Waals surface area contributed by atoms with Gasteiger partial charge in [0.05, 0.1) is 30.8 Å². The molecule has 1 aliphatic rings. The summed E-state index contributed by atoms with van der Waals surface area (Å²) in [6.45, 7) is 8.68. The van der Waals surface area contributed by atoms with Crippen molar-refractivity contribution in [1.29, 1.82) is 0 Å². The first kappa shape index (κ1) is 21.0. The molecule has 0 spiro atoms. The standard InChI is InChI=1S/C24H31N5O2/c1-3-25-24(27-17-19-10-11-22-23(16-19)31-15-7-14-30-22)26-12-6-13-29-18(2)28-20-8-4-5-9-21(20)29/h4-5,8-11,16H,3,6-7,12-15,17H2,1-2H3,(H2,25,26,27). The van der Waals surface area contributed by atoms with Gasteiger partial charge in [0.25, 0.3) is 0 Å². The minimum atomic E-state index is 0.581. The SMILES string of the molecule is CCNC(=NCc1ccc2c(c1)OCCCO2)NCCCn1c(C)nc2ccccc21. The van der Waals surface area contributed by atoms with Gasteiger partial charge in [-0.05, 0) is 50.1 Å². The zero-order valence-corrected chi connectivity index (χ0v) is 18.4. The first-order valence-corrected chi connectivity index (χ1v) is 11.1. The van der Waals surface area contributed by atoms with Gasteiger partial charge in [0.2, 0.25) is 0 Å². The van der Waals surface area contributed by atoms with Crippen LogP contribution < -0.4 is 20.1 Å². The highest BCUT2D eigenvalue weighted by Crippen LogP contribution is 2.30. The van der Waals surface area contributed by atoms with Gasteiger partial charge in [-0.3, -0.25) is 0 Å². The molecule has 2 heterocycles. The predicted molar refractivity (Wildman–Crippen MR) is 124 cm³/mol. The molecule has 0 radical (unpaired) electrons. The van der Waals surface area contributed by atoms with Crippen LogP contribution in [0.2, 0.25) is 0 Å². The van der Waals surface area contributed by atoms with Crippen molar-refractivity contribution in [3.05, 3.63) is 53.9 Å². The van der Waals surface area contributed by atoms with Crippen LogP contribution in [0.1, 0.15) is 31.2 Å². The van der Waals surface area contributed by atoms with Crippen LogP contribution >= 0.6 is 0 Å². The largest absolute Gasteiger partial charge is 0.490 e. The number of para-hydroxylation sites is 2. The van der Waals surface area contributed by atoms with Crippen molar-refractivity contribution in [2.45, 2.75) is 39.8 Å². The topological polar surface area (TPSA) is 72.7 Å². The molecule has 31 heavy (non-hydrogen) atoms. The lowest BCUT2D eigenvalue weighted by Crippen LogP contribution is -2.38. The Labute approximate surface area is 183 Å². The highest BCUT2D eigenvalue weighted by Gasteiger charge is 2.11. The molecular weight excluding hydrogens is 390 g/mol. The predicted octanol–water partition coefficient (Wildman–Crippen LogP) is 3.65. The quantitative estimate of drug-likeness (QED) is 0.346. The Morgan fingerprint density at radius 1 is 1.10 bits per heavy atom. The van der Waals surface area contributed by atoms with Gasteiger partial charge in [-0.2, -0.15) is 0 Å². The second kappa shape index (κ2) is 10.2. The van der Waals surface area contributed by atoms with Gasteiger partial charge < -0.3 is 24.7 Å². The highest BCUT2D eigenvalue weighted by molar-refractivity contribution is 5.79. The summed E-state index contributed by atoms with van der Waals surface area (Å²) in [5.41, 5.74) is 3.34. The van der Waals surface area contributed by atoms with Crippen molar-refractivity contribution in [1.82, 2.24) is 20.2 Å². The van der Waals surface area contributed by atoms with E-state index in [0.29, 0.717) is 19.8 Å². The first-order chi connectivity index (χ1) is 15.2. The zero-order chi connectivity index (χ0) is 21.5. The lowest BCUT2D eigenvalue weighted by Gasteiger charge is -2.13. The van der Waals surface area contributed by atoms with Gasteiger partial charge in [0.15, 0.2) is 17.5 Å². The average Bonchev–Trinajstić information content (AvgIpc) is 2.94. The summed E-state index contributed by atoms with van der Waals surface area (Å²) in [5, 5.41) is 6.77. The Morgan fingerprint density at radius 2 is 1.94 bits per heavy atom. The average molecular weight is 422 g/mol. The Kier molecular flexibility index (Phi) is 6.92. The van der Waals surface area contributed by atoms with Crippen LogP contribution in [0.4, 0.5) is 0 Å². The fourth-order valence-electron chi connectivity index (χ4n) is 3.74. The molecule has 0 unspecified atom stereocenters. The Morgan fingerprint density at radius 3 is 2.81 bits per heavy atom. The molecule has 0 fully saturated rings. The highest BCUT2D eigenvalue weighted by atomic mass is 16.5. The number of aliphatic imine (C=N–C) groups is 1. The molecule has 164 valence electrons. The van der Waals surface area contributed by atoms with E-state index in [1.165, 1.54) is 5.52 Å².